The first kappa shape index (κ1) is 20.2. The molecule has 0 spiro atoms. The first-order valence-electron chi connectivity index (χ1n) is 8.49. The van der Waals surface area contributed by atoms with Gasteiger partial charge in [0.15, 0.2) is 0 Å². The Kier molecular flexibility index (Phi) is 6.25. The van der Waals surface area contributed by atoms with E-state index in [0.717, 1.165) is 12.5 Å². The third kappa shape index (κ3) is 4.85. The molecule has 0 radical (unpaired) electrons. The summed E-state index contributed by atoms with van der Waals surface area (Å²) in [5, 5.41) is 14.5. The van der Waals surface area contributed by atoms with Gasteiger partial charge in [-0.1, -0.05) is 22.0 Å². The van der Waals surface area contributed by atoms with E-state index in [1.807, 2.05) is 0 Å². The van der Waals surface area contributed by atoms with Crippen molar-refractivity contribution in [1.29, 1.82) is 0 Å². The van der Waals surface area contributed by atoms with Crippen LogP contribution in [0.3, 0.4) is 0 Å². The average molecular weight is 455 g/mol. The van der Waals surface area contributed by atoms with Crippen LogP contribution in [0.4, 0.5) is 20.2 Å². The summed E-state index contributed by atoms with van der Waals surface area (Å²) >= 11 is 3.14. The minimum atomic E-state index is -1.29. The number of carboxylic acids is 1. The highest BCUT2D eigenvalue weighted by molar-refractivity contribution is 9.10. The van der Waals surface area contributed by atoms with Gasteiger partial charge < -0.3 is 20.5 Å². The normalized spacial score (nSPS) is 15.6. The molecule has 6 nitrogen and oxygen atoms in total. The number of carbonyl (C=O) groups excluding carboxylic acids is 1. The Morgan fingerprint density at radius 3 is 2.57 bits per heavy atom. The second-order valence-corrected chi connectivity index (χ2v) is 7.22. The maximum absolute atomic E-state index is 14.5. The SMILES string of the molecule is O=C(Cc1ccc(Br)cc1F)Nc1c(F)cc(C(=O)O)cc1NC[C@@H]1CCO1. The van der Waals surface area contributed by atoms with Crippen molar-refractivity contribution in [2.75, 3.05) is 23.8 Å². The topological polar surface area (TPSA) is 87.7 Å². The predicted molar refractivity (Wildman–Crippen MR) is 103 cm³/mol. The number of carbonyl (C=O) groups is 2. The number of halogens is 3. The Morgan fingerprint density at radius 1 is 1.21 bits per heavy atom. The Morgan fingerprint density at radius 2 is 1.96 bits per heavy atom. The molecule has 0 aliphatic carbocycles. The number of ether oxygens (including phenoxy) is 1. The molecule has 28 heavy (non-hydrogen) atoms. The molecule has 1 amide bonds. The van der Waals surface area contributed by atoms with Gasteiger partial charge in [-0.05, 0) is 36.2 Å². The molecule has 2 aromatic rings. The van der Waals surface area contributed by atoms with Crippen LogP contribution >= 0.6 is 15.9 Å². The summed E-state index contributed by atoms with van der Waals surface area (Å²) in [6, 6.07) is 6.34. The van der Waals surface area contributed by atoms with Gasteiger partial charge in [0.2, 0.25) is 5.91 Å². The number of rotatable bonds is 7. The summed E-state index contributed by atoms with van der Waals surface area (Å²) in [5.41, 5.74) is -0.170. The van der Waals surface area contributed by atoms with Crippen LogP contribution in [0.1, 0.15) is 22.3 Å². The van der Waals surface area contributed by atoms with Crippen molar-refractivity contribution >= 4 is 39.2 Å². The van der Waals surface area contributed by atoms with E-state index in [9.17, 15) is 18.4 Å². The molecule has 9 heteroatoms. The number of anilines is 2. The van der Waals surface area contributed by atoms with Gasteiger partial charge in [-0.3, -0.25) is 4.79 Å². The number of benzene rings is 2. The predicted octanol–water partition coefficient (Wildman–Crippen LogP) is 3.81. The summed E-state index contributed by atoms with van der Waals surface area (Å²) in [7, 11) is 0. The maximum Gasteiger partial charge on any atom is 0.335 e. The van der Waals surface area contributed by atoms with Crippen molar-refractivity contribution in [2.24, 2.45) is 0 Å². The van der Waals surface area contributed by atoms with E-state index in [0.29, 0.717) is 17.6 Å². The van der Waals surface area contributed by atoms with E-state index in [4.69, 9.17) is 9.84 Å². The van der Waals surface area contributed by atoms with Crippen molar-refractivity contribution in [3.8, 4) is 0 Å². The minimum absolute atomic E-state index is 0.0584. The monoisotopic (exact) mass is 454 g/mol. The third-order valence-corrected chi connectivity index (χ3v) is 4.77. The van der Waals surface area contributed by atoms with E-state index in [2.05, 4.69) is 26.6 Å². The van der Waals surface area contributed by atoms with Crippen molar-refractivity contribution in [3.63, 3.8) is 0 Å². The van der Waals surface area contributed by atoms with Gasteiger partial charge in [-0.15, -0.1) is 0 Å². The van der Waals surface area contributed by atoms with E-state index < -0.39 is 23.5 Å². The van der Waals surface area contributed by atoms with Crippen molar-refractivity contribution in [2.45, 2.75) is 18.9 Å². The largest absolute Gasteiger partial charge is 0.478 e. The zero-order valence-corrected chi connectivity index (χ0v) is 16.2. The maximum atomic E-state index is 14.5. The summed E-state index contributed by atoms with van der Waals surface area (Å²) in [6.45, 7) is 0.977. The van der Waals surface area contributed by atoms with Crippen LogP contribution in [0.2, 0.25) is 0 Å². The molecule has 0 unspecified atom stereocenters. The van der Waals surface area contributed by atoms with Crippen LogP contribution in [0.5, 0.6) is 0 Å². The molecule has 1 aliphatic heterocycles. The number of amides is 1. The van der Waals surface area contributed by atoms with E-state index in [1.54, 1.807) is 6.07 Å². The molecule has 148 valence electrons. The smallest absolute Gasteiger partial charge is 0.335 e. The molecular weight excluding hydrogens is 438 g/mol. The van der Waals surface area contributed by atoms with Crippen LogP contribution < -0.4 is 10.6 Å². The van der Waals surface area contributed by atoms with Gasteiger partial charge in [-0.2, -0.15) is 0 Å². The van der Waals surface area contributed by atoms with Gasteiger partial charge in [-0.25, -0.2) is 13.6 Å². The lowest BCUT2D eigenvalue weighted by Crippen LogP contribution is -2.33. The molecule has 2 aromatic carbocycles. The fourth-order valence-electron chi connectivity index (χ4n) is 2.69. The number of hydrogen-bond acceptors (Lipinski definition) is 4. The molecule has 3 rings (SSSR count). The van der Waals surface area contributed by atoms with Gasteiger partial charge >= 0.3 is 5.97 Å². The lowest BCUT2D eigenvalue weighted by atomic mass is 10.1. The number of hydrogen-bond donors (Lipinski definition) is 3. The molecule has 3 N–H and O–H groups in total. The highest BCUT2D eigenvalue weighted by Gasteiger charge is 2.21. The minimum Gasteiger partial charge on any atom is -0.478 e. The van der Waals surface area contributed by atoms with Crippen LogP contribution in [0, 0.1) is 11.6 Å². The van der Waals surface area contributed by atoms with E-state index in [-0.39, 0.29) is 35.0 Å². The lowest BCUT2D eigenvalue weighted by Gasteiger charge is -2.27. The van der Waals surface area contributed by atoms with Crippen molar-refractivity contribution in [3.05, 3.63) is 57.6 Å². The second-order valence-electron chi connectivity index (χ2n) is 6.31. The molecule has 0 saturated carbocycles. The Balaban J connectivity index is 1.80. The van der Waals surface area contributed by atoms with Crippen LogP contribution in [-0.2, 0) is 16.0 Å². The summed E-state index contributed by atoms with van der Waals surface area (Å²) < 4.78 is 34.2. The summed E-state index contributed by atoms with van der Waals surface area (Å²) in [6.07, 6.45) is 0.472. The van der Waals surface area contributed by atoms with Gasteiger partial charge in [0.25, 0.3) is 0 Å². The Bertz CT molecular complexity index is 919. The fraction of sp³-hybridized carbons (Fsp3) is 0.263. The van der Waals surface area contributed by atoms with Crippen LogP contribution in [-0.4, -0.2) is 36.2 Å². The molecular formula is C19H17BrF2N2O4. The van der Waals surface area contributed by atoms with Crippen LogP contribution in [0.25, 0.3) is 0 Å². The third-order valence-electron chi connectivity index (χ3n) is 4.28. The second kappa shape index (κ2) is 8.66. The molecule has 1 heterocycles. The highest BCUT2D eigenvalue weighted by atomic mass is 79.9. The van der Waals surface area contributed by atoms with Gasteiger partial charge in [0.1, 0.15) is 17.3 Å². The molecule has 0 bridgehead atoms. The standard InChI is InChI=1S/C19H17BrF2N2O4/c20-12-2-1-10(14(21)8-12)7-17(25)24-18-15(22)5-11(19(26)27)6-16(18)23-9-13-3-4-28-13/h1-2,5-6,8,13,23H,3-4,7,9H2,(H,24,25)(H,26,27)/t13-/m0/s1. The molecule has 1 atom stereocenters. The summed E-state index contributed by atoms with van der Waals surface area (Å²) in [5.74, 6) is -3.39. The number of nitrogens with one attached hydrogen (secondary N) is 2. The molecule has 0 aromatic heterocycles. The van der Waals surface area contributed by atoms with Gasteiger partial charge in [0.05, 0.1) is 23.8 Å². The Hall–Kier alpha value is -2.52. The molecule has 1 aliphatic rings. The summed E-state index contributed by atoms with van der Waals surface area (Å²) in [4.78, 5) is 23.5. The number of carboxylic acid groups (broad SMARTS) is 1. The van der Waals surface area contributed by atoms with Crippen molar-refractivity contribution < 1.29 is 28.2 Å². The lowest BCUT2D eigenvalue weighted by molar-refractivity contribution is -0.115. The quantitative estimate of drug-likeness (QED) is 0.591. The first-order valence-corrected chi connectivity index (χ1v) is 9.29. The fourth-order valence-corrected chi connectivity index (χ4v) is 3.02. The molecule has 1 saturated heterocycles. The van der Waals surface area contributed by atoms with Gasteiger partial charge in [0, 0.05) is 17.6 Å². The zero-order chi connectivity index (χ0) is 20.3. The van der Waals surface area contributed by atoms with E-state index in [1.165, 1.54) is 18.2 Å². The first-order chi connectivity index (χ1) is 13.3. The zero-order valence-electron chi connectivity index (χ0n) is 14.6. The number of aromatic carboxylic acids is 1. The van der Waals surface area contributed by atoms with Crippen LogP contribution in [0.15, 0.2) is 34.8 Å². The Labute approximate surface area is 168 Å². The average Bonchev–Trinajstić information content (AvgIpc) is 2.58. The van der Waals surface area contributed by atoms with Crippen molar-refractivity contribution in [1.82, 2.24) is 0 Å². The van der Waals surface area contributed by atoms with E-state index >= 15 is 0 Å². The highest BCUT2D eigenvalue weighted by Crippen LogP contribution is 2.28. The molecule has 1 fully saturated rings.